The highest BCUT2D eigenvalue weighted by atomic mass is 31.1. The summed E-state index contributed by atoms with van der Waals surface area (Å²) in [7, 11) is -0.705. The van der Waals surface area contributed by atoms with Crippen LogP contribution in [0.1, 0.15) is 47.0 Å². The smallest absolute Gasteiger partial charge is 0.412 e. The van der Waals surface area contributed by atoms with Gasteiger partial charge >= 0.3 is 8.03 Å². The van der Waals surface area contributed by atoms with E-state index in [-0.39, 0.29) is 17.4 Å². The average molecular weight is 283 g/mol. The van der Waals surface area contributed by atoms with Crippen molar-refractivity contribution in [3.63, 3.8) is 0 Å². The lowest BCUT2D eigenvalue weighted by Crippen LogP contribution is -2.26. The van der Waals surface area contributed by atoms with Crippen LogP contribution in [0.5, 0.6) is 0 Å². The van der Waals surface area contributed by atoms with Crippen LogP contribution in [0.2, 0.25) is 0 Å². The van der Waals surface area contributed by atoms with Crippen molar-refractivity contribution >= 4 is 13.8 Å². The third-order valence-corrected chi connectivity index (χ3v) is 2.99. The normalized spacial score (nSPS) is 10.9. The van der Waals surface area contributed by atoms with Gasteiger partial charge in [-0.1, -0.05) is 34.1 Å². The summed E-state index contributed by atoms with van der Waals surface area (Å²) in [4.78, 5) is 20.2. The fraction of sp³-hybridized carbons (Fsp3) is 0.917. The molecule has 0 heterocycles. The van der Waals surface area contributed by atoms with Crippen LogP contribution in [0.15, 0.2) is 0 Å². The Bertz CT molecular complexity index is 229. The molecule has 0 spiro atoms. The summed E-state index contributed by atoms with van der Waals surface area (Å²) in [6.07, 6.45) is 2.32. The highest BCUT2D eigenvalue weighted by Gasteiger charge is 2.32. The summed E-state index contributed by atoms with van der Waals surface area (Å²) in [5, 5.41) is 0. The number of carbonyl (C=O) groups excluding carboxylic acids is 1. The van der Waals surface area contributed by atoms with E-state index in [1.54, 1.807) is 7.11 Å². The van der Waals surface area contributed by atoms with E-state index >= 15 is 0 Å². The molecule has 18 heavy (non-hydrogen) atoms. The van der Waals surface area contributed by atoms with E-state index in [2.05, 4.69) is 0 Å². The summed E-state index contributed by atoms with van der Waals surface area (Å²) in [6, 6.07) is 0. The molecule has 0 aliphatic carbocycles. The van der Waals surface area contributed by atoms with Crippen molar-refractivity contribution in [3.05, 3.63) is 0 Å². The van der Waals surface area contributed by atoms with Gasteiger partial charge in [-0.15, -0.1) is 0 Å². The summed E-state index contributed by atoms with van der Waals surface area (Å²) < 4.78 is 15.4. The Morgan fingerprint density at radius 1 is 1.28 bits per heavy atom. The highest BCUT2D eigenvalue weighted by Crippen LogP contribution is 2.28. The first kappa shape index (κ1) is 22.8. The van der Waals surface area contributed by atoms with Crippen LogP contribution in [-0.4, -0.2) is 36.0 Å². The minimum absolute atomic E-state index is 0. The zero-order valence-corrected chi connectivity index (χ0v) is 13.0. The number of ether oxygens (including phenoxy) is 1. The third kappa shape index (κ3) is 12.1. The molecule has 1 atom stereocenters. The first-order valence-electron chi connectivity index (χ1n) is 6.06. The Balaban J connectivity index is -0.000000709. The topological polar surface area (TPSA) is 95.1 Å². The van der Waals surface area contributed by atoms with Crippen LogP contribution in [0.3, 0.4) is 0 Å². The predicted molar refractivity (Wildman–Crippen MR) is 74.2 cm³/mol. The predicted octanol–water partition coefficient (Wildman–Crippen LogP) is 2.33. The van der Waals surface area contributed by atoms with Crippen molar-refractivity contribution in [1.29, 1.82) is 0 Å². The maximum absolute atomic E-state index is 11.6. The molecule has 0 saturated heterocycles. The summed E-state index contributed by atoms with van der Waals surface area (Å²) in [5.41, 5.74) is -0.499. The second-order valence-corrected chi connectivity index (χ2v) is 5.29. The van der Waals surface area contributed by atoms with E-state index in [1.807, 2.05) is 27.7 Å². The van der Waals surface area contributed by atoms with Crippen molar-refractivity contribution < 1.29 is 24.5 Å². The molecule has 0 rings (SSSR count). The molecule has 3 N–H and O–H groups in total. The maximum atomic E-state index is 11.6. The second-order valence-electron chi connectivity index (χ2n) is 4.27. The van der Waals surface area contributed by atoms with Crippen molar-refractivity contribution in [3.8, 4) is 0 Å². The molecule has 1 unspecified atom stereocenters. The summed E-state index contributed by atoms with van der Waals surface area (Å²) in [5.74, 6) is -0.136. The van der Waals surface area contributed by atoms with Crippen molar-refractivity contribution in [2.75, 3.05) is 19.9 Å². The van der Waals surface area contributed by atoms with Crippen LogP contribution < -0.4 is 0 Å². The van der Waals surface area contributed by atoms with E-state index in [9.17, 15) is 9.36 Å². The Hall–Kier alpha value is -0.350. The number of rotatable bonds is 8. The molecular weight excluding hydrogens is 255 g/mol. The van der Waals surface area contributed by atoms with Gasteiger partial charge in [-0.2, -0.15) is 4.89 Å². The van der Waals surface area contributed by atoms with Gasteiger partial charge in [0.15, 0.2) is 5.78 Å². The molecule has 0 amide bonds. The van der Waals surface area contributed by atoms with Gasteiger partial charge in [0.25, 0.3) is 0 Å². The van der Waals surface area contributed by atoms with Gasteiger partial charge in [0.2, 0.25) is 6.16 Å². The molecule has 6 heteroatoms. The molecule has 0 radical (unpaired) electrons. The summed E-state index contributed by atoms with van der Waals surface area (Å²) in [6.45, 7) is 8.33. The highest BCUT2D eigenvalue weighted by molar-refractivity contribution is 7.39. The molecule has 5 nitrogen and oxygen atoms in total. The Kier molecular flexibility index (Phi) is 16.6. The standard InChI is InChI=1S/C10H19O4P.C2H6.H2O/c1-10(2,6-4-5-7-14-3)9(11)8-15(12)13;1-2;/h4-8H2,1-3H3;1-2H3;1H2/p+1. The van der Waals surface area contributed by atoms with Gasteiger partial charge in [-0.05, 0) is 17.4 Å². The van der Waals surface area contributed by atoms with Gasteiger partial charge in [-0.3, -0.25) is 4.79 Å². The number of unbranched alkanes of at least 4 members (excludes halogenated alkanes) is 1. The average Bonchev–Trinajstić information content (AvgIpc) is 2.26. The number of ketones is 1. The molecule has 0 aromatic carbocycles. The number of hydrogen-bond donors (Lipinski definition) is 1. The number of Topliss-reactive ketones (excluding diaryl/α,β-unsaturated/α-hetero) is 1. The molecule has 0 saturated carbocycles. The molecule has 0 aliphatic rings. The molecular formula is C12H28O5P+. The summed E-state index contributed by atoms with van der Waals surface area (Å²) >= 11 is 0. The molecule has 0 fully saturated rings. The number of methoxy groups -OCH3 is 1. The van der Waals surface area contributed by atoms with E-state index in [0.29, 0.717) is 6.61 Å². The molecule has 0 aromatic heterocycles. The minimum atomic E-state index is -2.35. The van der Waals surface area contributed by atoms with Gasteiger partial charge in [-0.25, -0.2) is 0 Å². The van der Waals surface area contributed by atoms with Crippen molar-refractivity contribution in [2.24, 2.45) is 5.41 Å². The van der Waals surface area contributed by atoms with Crippen LogP contribution >= 0.6 is 8.03 Å². The second kappa shape index (κ2) is 13.1. The fourth-order valence-electron chi connectivity index (χ4n) is 1.29. The quantitative estimate of drug-likeness (QED) is 0.546. The van der Waals surface area contributed by atoms with E-state index in [0.717, 1.165) is 19.3 Å². The van der Waals surface area contributed by atoms with Crippen molar-refractivity contribution in [2.45, 2.75) is 47.0 Å². The maximum Gasteiger partial charge on any atom is 0.513 e. The molecule has 0 aliphatic heterocycles. The molecule has 110 valence electrons. The Labute approximate surface area is 111 Å². The monoisotopic (exact) mass is 283 g/mol. The first-order chi connectivity index (χ1) is 7.90. The zero-order chi connectivity index (χ0) is 13.9. The minimum Gasteiger partial charge on any atom is -0.412 e. The number of hydrogen-bond acceptors (Lipinski definition) is 3. The molecule has 0 bridgehead atoms. The zero-order valence-electron chi connectivity index (χ0n) is 12.2. The van der Waals surface area contributed by atoms with Crippen molar-refractivity contribution in [1.82, 2.24) is 0 Å². The largest absolute Gasteiger partial charge is 0.513 e. The van der Waals surface area contributed by atoms with Crippen LogP contribution in [-0.2, 0) is 14.1 Å². The lowest BCUT2D eigenvalue weighted by atomic mass is 9.83. The third-order valence-electron chi connectivity index (χ3n) is 2.43. The van der Waals surface area contributed by atoms with Crippen LogP contribution in [0, 0.1) is 5.41 Å². The SMILES string of the molecule is CC.COCCCCC(C)(C)C(=O)C[P+](=O)O.O. The van der Waals surface area contributed by atoms with E-state index in [1.165, 1.54) is 0 Å². The Morgan fingerprint density at radius 3 is 2.17 bits per heavy atom. The van der Waals surface area contributed by atoms with Gasteiger partial charge in [0.05, 0.1) is 0 Å². The number of carbonyl (C=O) groups is 1. The van der Waals surface area contributed by atoms with Gasteiger partial charge in [0.1, 0.15) is 0 Å². The van der Waals surface area contributed by atoms with Crippen LogP contribution in [0.4, 0.5) is 0 Å². The fourth-order valence-corrected chi connectivity index (χ4v) is 1.96. The van der Waals surface area contributed by atoms with E-state index < -0.39 is 13.4 Å². The van der Waals surface area contributed by atoms with Gasteiger partial charge in [0, 0.05) is 19.1 Å². The van der Waals surface area contributed by atoms with Crippen LogP contribution in [0.25, 0.3) is 0 Å². The lowest BCUT2D eigenvalue weighted by Gasteiger charge is -2.20. The first-order valence-corrected chi connectivity index (χ1v) is 7.45. The Morgan fingerprint density at radius 2 is 1.78 bits per heavy atom. The molecule has 0 aromatic rings. The van der Waals surface area contributed by atoms with E-state index in [4.69, 9.17) is 9.63 Å². The lowest BCUT2D eigenvalue weighted by molar-refractivity contribution is -0.124. The van der Waals surface area contributed by atoms with Gasteiger partial charge < -0.3 is 10.2 Å².